The number of anilines is 1. The molecule has 9 nitrogen and oxygen atoms in total. The fraction of sp³-hybridized carbons (Fsp3) is 0.316. The molecule has 158 valence electrons. The number of hydrogen-bond acceptors (Lipinski definition) is 8. The van der Waals surface area contributed by atoms with Crippen LogP contribution in [0.4, 0.5) is 5.69 Å². The highest BCUT2D eigenvalue weighted by Gasteiger charge is 2.40. The zero-order chi connectivity index (χ0) is 21.3. The van der Waals surface area contributed by atoms with Crippen LogP contribution in [0.2, 0.25) is 0 Å². The van der Waals surface area contributed by atoms with E-state index in [1.807, 2.05) is 0 Å². The fourth-order valence-electron chi connectivity index (χ4n) is 3.55. The van der Waals surface area contributed by atoms with Gasteiger partial charge in [0.15, 0.2) is 11.5 Å². The second-order valence-corrected chi connectivity index (χ2v) is 9.11. The highest BCUT2D eigenvalue weighted by Crippen LogP contribution is 2.32. The molecule has 1 aliphatic rings. The molecule has 0 saturated carbocycles. The number of hydrogen-bond donors (Lipinski definition) is 1. The first-order valence-corrected chi connectivity index (χ1v) is 11.4. The Hall–Kier alpha value is -2.76. The number of amides is 1. The topological polar surface area (TPSA) is 111 Å². The van der Waals surface area contributed by atoms with Crippen LogP contribution in [0.15, 0.2) is 41.3 Å². The van der Waals surface area contributed by atoms with E-state index in [1.54, 1.807) is 30.3 Å². The molecule has 1 fully saturated rings. The van der Waals surface area contributed by atoms with E-state index in [9.17, 15) is 13.2 Å². The zero-order valence-corrected chi connectivity index (χ0v) is 18.0. The van der Waals surface area contributed by atoms with E-state index in [-0.39, 0.29) is 11.4 Å². The summed E-state index contributed by atoms with van der Waals surface area (Å²) in [5, 5.41) is 2.79. The third-order valence-electron chi connectivity index (χ3n) is 4.99. The number of ether oxygens (including phenoxy) is 2. The van der Waals surface area contributed by atoms with Crippen molar-refractivity contribution in [3.63, 3.8) is 0 Å². The Morgan fingerprint density at radius 2 is 1.97 bits per heavy atom. The van der Waals surface area contributed by atoms with Gasteiger partial charge in [0, 0.05) is 18.3 Å². The molecule has 30 heavy (non-hydrogen) atoms. The Bertz CT molecular complexity index is 1190. The number of benzene rings is 2. The standard InChI is InChI=1S/C19H20N4O5S2/c1-27-15-9-8-12(11-16(15)28-2)20-19(24)14-6-4-10-23(14)30(25,26)17-7-3-5-13-18(17)22-29-21-13/h3,5,7-9,11,14H,4,6,10H2,1-2H3,(H,20,24)/t14-/m0/s1. The van der Waals surface area contributed by atoms with Gasteiger partial charge >= 0.3 is 0 Å². The summed E-state index contributed by atoms with van der Waals surface area (Å²) >= 11 is 0.957. The smallest absolute Gasteiger partial charge is 0.246 e. The summed E-state index contributed by atoms with van der Waals surface area (Å²) in [6, 6.07) is 9.01. The second kappa shape index (κ2) is 8.17. The number of carbonyl (C=O) groups excluding carboxylic acids is 1. The van der Waals surface area contributed by atoms with E-state index in [2.05, 4.69) is 14.1 Å². The summed E-state index contributed by atoms with van der Waals surface area (Å²) in [4.78, 5) is 13.0. The molecule has 0 bridgehead atoms. The molecule has 0 unspecified atom stereocenters. The number of fused-ring (bicyclic) bond motifs is 1. The molecular weight excluding hydrogens is 428 g/mol. The van der Waals surface area contributed by atoms with E-state index in [0.717, 1.165) is 11.7 Å². The summed E-state index contributed by atoms with van der Waals surface area (Å²) in [6.45, 7) is 0.264. The van der Waals surface area contributed by atoms with Gasteiger partial charge in [-0.3, -0.25) is 4.79 Å². The van der Waals surface area contributed by atoms with Gasteiger partial charge in [-0.05, 0) is 37.1 Å². The van der Waals surface area contributed by atoms with Crippen LogP contribution in [0.1, 0.15) is 12.8 Å². The molecule has 0 radical (unpaired) electrons. The minimum atomic E-state index is -3.91. The quantitative estimate of drug-likeness (QED) is 0.617. The number of rotatable bonds is 6. The van der Waals surface area contributed by atoms with Crippen molar-refractivity contribution in [3.05, 3.63) is 36.4 Å². The van der Waals surface area contributed by atoms with Crippen LogP contribution in [0, 0.1) is 0 Å². The molecule has 1 aromatic heterocycles. The Morgan fingerprint density at radius 1 is 1.17 bits per heavy atom. The summed E-state index contributed by atoms with van der Waals surface area (Å²) in [5.41, 5.74) is 1.34. The van der Waals surface area contributed by atoms with Crippen LogP contribution >= 0.6 is 11.7 Å². The van der Waals surface area contributed by atoms with Crippen LogP contribution in [-0.4, -0.2) is 54.2 Å². The molecule has 1 N–H and O–H groups in total. The summed E-state index contributed by atoms with van der Waals surface area (Å²) < 4.78 is 46.6. The van der Waals surface area contributed by atoms with E-state index < -0.39 is 22.0 Å². The van der Waals surface area contributed by atoms with Gasteiger partial charge in [-0.2, -0.15) is 13.1 Å². The largest absolute Gasteiger partial charge is 0.493 e. The zero-order valence-electron chi connectivity index (χ0n) is 16.4. The first-order chi connectivity index (χ1) is 14.5. The first-order valence-electron chi connectivity index (χ1n) is 9.21. The maximum atomic E-state index is 13.3. The van der Waals surface area contributed by atoms with Crippen LogP contribution < -0.4 is 14.8 Å². The molecule has 0 spiro atoms. The average Bonchev–Trinajstić information content (AvgIpc) is 3.43. The van der Waals surface area contributed by atoms with Crippen LogP contribution in [0.3, 0.4) is 0 Å². The average molecular weight is 449 g/mol. The first kappa shape index (κ1) is 20.5. The lowest BCUT2D eigenvalue weighted by Crippen LogP contribution is -2.43. The van der Waals surface area contributed by atoms with Crippen molar-refractivity contribution in [2.24, 2.45) is 0 Å². The molecule has 2 heterocycles. The molecule has 11 heteroatoms. The molecule has 1 amide bonds. The number of nitrogens with zero attached hydrogens (tertiary/aromatic N) is 3. The monoisotopic (exact) mass is 448 g/mol. The van der Waals surface area contributed by atoms with Gasteiger partial charge < -0.3 is 14.8 Å². The van der Waals surface area contributed by atoms with Crippen molar-refractivity contribution in [2.75, 3.05) is 26.1 Å². The summed E-state index contributed by atoms with van der Waals surface area (Å²) in [5.74, 6) is 0.603. The van der Waals surface area contributed by atoms with Crippen molar-refractivity contribution >= 4 is 44.4 Å². The predicted octanol–water partition coefficient (Wildman–Crippen LogP) is 2.50. The number of nitrogens with one attached hydrogen (secondary N) is 1. The SMILES string of the molecule is COc1ccc(NC(=O)[C@@H]2CCCN2S(=O)(=O)c2cccc3nsnc23)cc1OC. The van der Waals surface area contributed by atoms with Crippen molar-refractivity contribution in [3.8, 4) is 11.5 Å². The summed E-state index contributed by atoms with van der Waals surface area (Å²) in [6.07, 6.45) is 1.03. The fourth-order valence-corrected chi connectivity index (χ4v) is 5.96. The van der Waals surface area contributed by atoms with E-state index in [0.29, 0.717) is 41.1 Å². The molecule has 3 aromatic rings. The van der Waals surface area contributed by atoms with E-state index in [1.165, 1.54) is 24.6 Å². The number of carbonyl (C=O) groups is 1. The predicted molar refractivity (Wildman–Crippen MR) is 113 cm³/mol. The Balaban J connectivity index is 1.60. The van der Waals surface area contributed by atoms with Crippen molar-refractivity contribution < 1.29 is 22.7 Å². The van der Waals surface area contributed by atoms with Gasteiger partial charge in [-0.15, -0.1) is 0 Å². The molecule has 1 saturated heterocycles. The normalized spacial score (nSPS) is 17.2. The van der Waals surface area contributed by atoms with Crippen LogP contribution in [-0.2, 0) is 14.8 Å². The van der Waals surface area contributed by atoms with Crippen molar-refractivity contribution in [1.82, 2.24) is 13.1 Å². The molecule has 1 atom stereocenters. The minimum absolute atomic E-state index is 0.0690. The van der Waals surface area contributed by atoms with Gasteiger partial charge in [0.1, 0.15) is 22.0 Å². The lowest BCUT2D eigenvalue weighted by molar-refractivity contribution is -0.119. The molecule has 4 rings (SSSR count). The van der Waals surface area contributed by atoms with Crippen molar-refractivity contribution in [2.45, 2.75) is 23.8 Å². The Labute approximate surface area is 178 Å². The number of aromatic nitrogens is 2. The van der Waals surface area contributed by atoms with E-state index in [4.69, 9.17) is 9.47 Å². The minimum Gasteiger partial charge on any atom is -0.493 e. The Kier molecular flexibility index (Phi) is 5.58. The maximum absolute atomic E-state index is 13.3. The van der Waals surface area contributed by atoms with E-state index >= 15 is 0 Å². The number of sulfonamides is 1. The second-order valence-electron chi connectivity index (χ2n) is 6.72. The van der Waals surface area contributed by atoms with Gasteiger partial charge in [0.2, 0.25) is 15.9 Å². The van der Waals surface area contributed by atoms with Gasteiger partial charge in [0.25, 0.3) is 0 Å². The lowest BCUT2D eigenvalue weighted by Gasteiger charge is -2.23. The lowest BCUT2D eigenvalue weighted by atomic mass is 10.2. The van der Waals surface area contributed by atoms with Gasteiger partial charge in [-0.1, -0.05) is 6.07 Å². The van der Waals surface area contributed by atoms with Crippen LogP contribution in [0.5, 0.6) is 11.5 Å². The Morgan fingerprint density at radius 3 is 2.73 bits per heavy atom. The molecule has 1 aliphatic heterocycles. The van der Waals surface area contributed by atoms with Gasteiger partial charge in [0.05, 0.1) is 25.9 Å². The van der Waals surface area contributed by atoms with Crippen LogP contribution in [0.25, 0.3) is 11.0 Å². The van der Waals surface area contributed by atoms with Gasteiger partial charge in [-0.25, -0.2) is 8.42 Å². The maximum Gasteiger partial charge on any atom is 0.246 e. The molecule has 0 aliphatic carbocycles. The summed E-state index contributed by atoms with van der Waals surface area (Å²) in [7, 11) is -0.887. The third-order valence-corrected chi connectivity index (χ3v) is 7.48. The third kappa shape index (κ3) is 3.59. The molecular formula is C19H20N4O5S2. The number of methoxy groups -OCH3 is 2. The molecule has 2 aromatic carbocycles. The van der Waals surface area contributed by atoms with Crippen molar-refractivity contribution in [1.29, 1.82) is 0 Å². The highest BCUT2D eigenvalue weighted by atomic mass is 32.2. The highest BCUT2D eigenvalue weighted by molar-refractivity contribution is 7.89.